The lowest BCUT2D eigenvalue weighted by Gasteiger charge is -2.34. The Morgan fingerprint density at radius 3 is 2.79 bits per heavy atom. The first kappa shape index (κ1) is 9.13. The minimum Gasteiger partial charge on any atom is -0.352 e. The molecular formula is C10H13BrFNO. The Bertz CT molecular complexity index is 292. The summed E-state index contributed by atoms with van der Waals surface area (Å²) in [6.45, 7) is 0. The zero-order chi connectivity index (χ0) is 9.92. The Balaban J connectivity index is 1.93. The van der Waals surface area contributed by atoms with Crippen LogP contribution in [-0.4, -0.2) is 22.9 Å². The number of carbonyl (C=O) groups is 1. The van der Waals surface area contributed by atoms with E-state index in [1.807, 2.05) is 0 Å². The van der Waals surface area contributed by atoms with E-state index in [2.05, 4.69) is 21.2 Å². The van der Waals surface area contributed by atoms with Gasteiger partial charge in [-0.1, -0.05) is 15.9 Å². The van der Waals surface area contributed by atoms with Gasteiger partial charge in [0.15, 0.2) is 0 Å². The first-order valence-electron chi connectivity index (χ1n) is 5.24. The van der Waals surface area contributed by atoms with Crippen LogP contribution in [0.4, 0.5) is 4.39 Å². The summed E-state index contributed by atoms with van der Waals surface area (Å²) in [6, 6.07) is 0.105. The van der Waals surface area contributed by atoms with Crippen LogP contribution in [0.1, 0.15) is 25.7 Å². The van der Waals surface area contributed by atoms with Crippen LogP contribution in [0.25, 0.3) is 0 Å². The molecule has 1 saturated heterocycles. The third-order valence-electron chi connectivity index (χ3n) is 4.07. The molecule has 4 unspecified atom stereocenters. The van der Waals surface area contributed by atoms with E-state index in [0.29, 0.717) is 0 Å². The fourth-order valence-corrected chi connectivity index (χ4v) is 3.73. The summed E-state index contributed by atoms with van der Waals surface area (Å²) in [5, 5.41) is 2.96. The topological polar surface area (TPSA) is 29.1 Å². The van der Waals surface area contributed by atoms with Crippen molar-refractivity contribution in [1.82, 2.24) is 5.32 Å². The molecule has 14 heavy (non-hydrogen) atoms. The first-order chi connectivity index (χ1) is 6.65. The van der Waals surface area contributed by atoms with Crippen molar-refractivity contribution in [3.05, 3.63) is 0 Å². The fourth-order valence-electron chi connectivity index (χ4n) is 3.13. The number of carbonyl (C=O) groups excluding carboxylic acids is 1. The number of nitrogens with one attached hydrogen (secondary N) is 1. The summed E-state index contributed by atoms with van der Waals surface area (Å²) < 4.78 is 14.0. The molecule has 0 aromatic rings. The van der Waals surface area contributed by atoms with Gasteiger partial charge in [0.1, 0.15) is 6.17 Å². The summed E-state index contributed by atoms with van der Waals surface area (Å²) in [6.07, 6.45) is 2.68. The normalized spacial score (nSPS) is 48.9. The quantitative estimate of drug-likeness (QED) is 0.662. The van der Waals surface area contributed by atoms with Crippen LogP contribution in [0.2, 0.25) is 0 Å². The van der Waals surface area contributed by atoms with Gasteiger partial charge in [0, 0.05) is 16.8 Å². The molecule has 2 nitrogen and oxygen atoms in total. The lowest BCUT2D eigenvalue weighted by Crippen LogP contribution is -2.43. The largest absolute Gasteiger partial charge is 0.352 e. The van der Waals surface area contributed by atoms with Gasteiger partial charge in [0.25, 0.3) is 0 Å². The van der Waals surface area contributed by atoms with Crippen LogP contribution in [0.15, 0.2) is 0 Å². The van der Waals surface area contributed by atoms with Crippen molar-refractivity contribution in [1.29, 1.82) is 0 Å². The van der Waals surface area contributed by atoms with Crippen LogP contribution in [-0.2, 0) is 4.79 Å². The summed E-state index contributed by atoms with van der Waals surface area (Å²) in [5.41, 5.74) is -0.309. The monoisotopic (exact) mass is 261 g/mol. The van der Waals surface area contributed by atoms with Crippen molar-refractivity contribution >= 4 is 21.8 Å². The standard InChI is InChI=1S/C10H13BrFNO/c11-5-1-2-6-7(8(5)12)10(3-4-10)9(14)13-6/h5-8H,1-4H2,(H,13,14). The third-order valence-corrected chi connectivity index (χ3v) is 5.03. The number of rotatable bonds is 0. The lowest BCUT2D eigenvalue weighted by molar-refractivity contribution is -0.124. The second kappa shape index (κ2) is 2.71. The molecule has 0 aromatic heterocycles. The Morgan fingerprint density at radius 1 is 1.43 bits per heavy atom. The van der Waals surface area contributed by atoms with E-state index in [1.165, 1.54) is 0 Å². The SMILES string of the molecule is O=C1NC2CCC(Br)C(F)C2C12CC2. The third kappa shape index (κ3) is 0.980. The minimum absolute atomic E-state index is 0.0473. The van der Waals surface area contributed by atoms with Gasteiger partial charge in [-0.2, -0.15) is 0 Å². The van der Waals surface area contributed by atoms with E-state index in [-0.39, 0.29) is 28.1 Å². The number of halogens is 2. The maximum absolute atomic E-state index is 14.0. The van der Waals surface area contributed by atoms with Gasteiger partial charge in [-0.05, 0) is 25.7 Å². The Morgan fingerprint density at radius 2 is 2.14 bits per heavy atom. The Hall–Kier alpha value is -0.120. The van der Waals surface area contributed by atoms with Crippen molar-refractivity contribution < 1.29 is 9.18 Å². The van der Waals surface area contributed by atoms with Crippen molar-refractivity contribution in [2.75, 3.05) is 0 Å². The zero-order valence-corrected chi connectivity index (χ0v) is 9.39. The molecule has 78 valence electrons. The number of hydrogen-bond acceptors (Lipinski definition) is 1. The predicted octanol–water partition coefficient (Wildman–Crippen LogP) is 1.78. The maximum atomic E-state index is 14.0. The van der Waals surface area contributed by atoms with Crippen LogP contribution in [0.5, 0.6) is 0 Å². The molecule has 3 fully saturated rings. The van der Waals surface area contributed by atoms with Crippen LogP contribution >= 0.6 is 15.9 Å². The summed E-state index contributed by atoms with van der Waals surface area (Å²) in [5.74, 6) is 0.0462. The molecule has 3 aliphatic rings. The molecule has 1 spiro atoms. The van der Waals surface area contributed by atoms with E-state index < -0.39 is 6.17 Å². The van der Waals surface area contributed by atoms with Gasteiger partial charge in [-0.3, -0.25) is 4.79 Å². The van der Waals surface area contributed by atoms with Crippen LogP contribution < -0.4 is 5.32 Å². The average molecular weight is 262 g/mol. The molecule has 0 radical (unpaired) electrons. The van der Waals surface area contributed by atoms with E-state index >= 15 is 0 Å². The van der Waals surface area contributed by atoms with E-state index in [9.17, 15) is 9.18 Å². The van der Waals surface area contributed by atoms with Gasteiger partial charge in [-0.25, -0.2) is 4.39 Å². The maximum Gasteiger partial charge on any atom is 0.226 e. The summed E-state index contributed by atoms with van der Waals surface area (Å²) in [7, 11) is 0. The lowest BCUT2D eigenvalue weighted by atomic mass is 9.76. The van der Waals surface area contributed by atoms with Gasteiger partial charge in [0.05, 0.1) is 5.41 Å². The highest BCUT2D eigenvalue weighted by Crippen LogP contribution is 2.60. The van der Waals surface area contributed by atoms with Crippen molar-refractivity contribution in [2.24, 2.45) is 11.3 Å². The second-order valence-electron chi connectivity index (χ2n) is 4.80. The summed E-state index contributed by atoms with van der Waals surface area (Å²) in [4.78, 5) is 11.6. The van der Waals surface area contributed by atoms with Gasteiger partial charge >= 0.3 is 0 Å². The number of hydrogen-bond donors (Lipinski definition) is 1. The van der Waals surface area contributed by atoms with E-state index in [0.717, 1.165) is 25.7 Å². The summed E-state index contributed by atoms with van der Waals surface area (Å²) >= 11 is 3.38. The molecular weight excluding hydrogens is 249 g/mol. The van der Waals surface area contributed by atoms with Gasteiger partial charge in [0.2, 0.25) is 5.91 Å². The zero-order valence-electron chi connectivity index (χ0n) is 7.80. The molecule has 4 atom stereocenters. The Kier molecular flexibility index (Phi) is 1.77. The van der Waals surface area contributed by atoms with Crippen molar-refractivity contribution in [3.63, 3.8) is 0 Å². The molecule has 1 amide bonds. The van der Waals surface area contributed by atoms with E-state index in [1.54, 1.807) is 0 Å². The molecule has 0 aromatic carbocycles. The average Bonchev–Trinajstić information content (AvgIpc) is 2.87. The minimum atomic E-state index is -0.852. The highest BCUT2D eigenvalue weighted by Gasteiger charge is 2.66. The first-order valence-corrected chi connectivity index (χ1v) is 6.16. The van der Waals surface area contributed by atoms with Crippen molar-refractivity contribution in [2.45, 2.75) is 42.7 Å². The molecule has 2 saturated carbocycles. The second-order valence-corrected chi connectivity index (χ2v) is 5.98. The van der Waals surface area contributed by atoms with Gasteiger partial charge < -0.3 is 5.32 Å². The highest BCUT2D eigenvalue weighted by atomic mass is 79.9. The van der Waals surface area contributed by atoms with Crippen LogP contribution in [0, 0.1) is 11.3 Å². The number of amides is 1. The smallest absolute Gasteiger partial charge is 0.226 e. The molecule has 1 heterocycles. The highest BCUT2D eigenvalue weighted by molar-refractivity contribution is 9.09. The molecule has 3 rings (SSSR count). The predicted molar refractivity (Wildman–Crippen MR) is 53.9 cm³/mol. The molecule has 4 heteroatoms. The molecule has 2 aliphatic carbocycles. The molecule has 1 N–H and O–H groups in total. The number of fused-ring (bicyclic) bond motifs is 2. The van der Waals surface area contributed by atoms with E-state index in [4.69, 9.17) is 0 Å². The molecule has 0 bridgehead atoms. The van der Waals surface area contributed by atoms with Gasteiger partial charge in [-0.15, -0.1) is 0 Å². The fraction of sp³-hybridized carbons (Fsp3) is 0.900. The van der Waals surface area contributed by atoms with Crippen LogP contribution in [0.3, 0.4) is 0 Å². The number of alkyl halides is 2. The Labute approximate surface area is 90.8 Å². The van der Waals surface area contributed by atoms with Crippen molar-refractivity contribution in [3.8, 4) is 0 Å². The molecule has 1 aliphatic heterocycles.